The summed E-state index contributed by atoms with van der Waals surface area (Å²) in [4.78, 5) is 5.69. The molecule has 0 aliphatic heterocycles. The Morgan fingerprint density at radius 1 is 1.47 bits per heavy atom. The highest BCUT2D eigenvalue weighted by Gasteiger charge is 2.10. The van der Waals surface area contributed by atoms with E-state index in [1.807, 2.05) is 19.1 Å². The Hall–Kier alpha value is -1.17. The zero-order chi connectivity index (χ0) is 13.4. The molecule has 2 N–H and O–H groups in total. The lowest BCUT2D eigenvalue weighted by Crippen LogP contribution is -2.18. The van der Waals surface area contributed by atoms with E-state index in [2.05, 4.69) is 49.0 Å². The summed E-state index contributed by atoms with van der Waals surface area (Å²) < 4.78 is 3.21. The van der Waals surface area contributed by atoms with Crippen molar-refractivity contribution in [2.24, 2.45) is 5.73 Å². The summed E-state index contributed by atoms with van der Waals surface area (Å²) in [7, 11) is 0. The summed E-state index contributed by atoms with van der Waals surface area (Å²) in [6, 6.07) is 8.36. The number of imidazole rings is 1. The lowest BCUT2D eigenvalue weighted by molar-refractivity contribution is 0.718. The number of nitrogens with zero attached hydrogens (tertiary/aromatic N) is 2. The van der Waals surface area contributed by atoms with Crippen LogP contribution in [0.1, 0.15) is 12.6 Å². The van der Waals surface area contributed by atoms with E-state index in [0.29, 0.717) is 0 Å². The van der Waals surface area contributed by atoms with E-state index in [4.69, 9.17) is 5.73 Å². The molecule has 0 aliphatic rings. The minimum absolute atomic E-state index is 0.162. The molecule has 0 saturated heterocycles. The van der Waals surface area contributed by atoms with Crippen molar-refractivity contribution >= 4 is 32.2 Å². The zero-order valence-electron chi connectivity index (χ0n) is 10.5. The van der Waals surface area contributed by atoms with E-state index in [1.165, 1.54) is 5.69 Å². The van der Waals surface area contributed by atoms with E-state index in [9.17, 15) is 0 Å². The average molecular weight is 336 g/mol. The number of rotatable bonds is 3. The molecule has 2 heterocycles. The van der Waals surface area contributed by atoms with Gasteiger partial charge in [-0.2, -0.15) is 0 Å². The fourth-order valence-corrected chi connectivity index (χ4v) is 3.38. The Bertz CT molecular complexity index is 714. The van der Waals surface area contributed by atoms with Gasteiger partial charge in [0.15, 0.2) is 4.96 Å². The minimum atomic E-state index is 0.162. The van der Waals surface area contributed by atoms with Crippen LogP contribution in [-0.2, 0) is 6.42 Å². The van der Waals surface area contributed by atoms with Gasteiger partial charge in [0.1, 0.15) is 0 Å². The SMILES string of the molecule is CC(N)Cc1csc2nc(-c3cccc(Br)c3)cn12. The molecule has 3 rings (SSSR count). The van der Waals surface area contributed by atoms with Crippen LogP contribution in [0.15, 0.2) is 40.3 Å². The van der Waals surface area contributed by atoms with Gasteiger partial charge < -0.3 is 5.73 Å². The molecule has 0 aliphatic carbocycles. The summed E-state index contributed by atoms with van der Waals surface area (Å²) in [5.41, 5.74) is 9.22. The number of nitrogens with two attached hydrogens (primary N) is 1. The van der Waals surface area contributed by atoms with E-state index < -0.39 is 0 Å². The maximum absolute atomic E-state index is 5.88. The van der Waals surface area contributed by atoms with Crippen LogP contribution in [0.2, 0.25) is 0 Å². The monoisotopic (exact) mass is 335 g/mol. The molecule has 3 aromatic rings. The molecule has 2 aromatic heterocycles. The Morgan fingerprint density at radius 2 is 2.32 bits per heavy atom. The molecule has 19 heavy (non-hydrogen) atoms. The third-order valence-corrected chi connectivity index (χ3v) is 4.32. The Kier molecular flexibility index (Phi) is 3.43. The topological polar surface area (TPSA) is 43.3 Å². The van der Waals surface area contributed by atoms with Crippen molar-refractivity contribution in [3.05, 3.63) is 46.0 Å². The second kappa shape index (κ2) is 5.07. The predicted octanol–water partition coefficient (Wildman–Crippen LogP) is 3.72. The molecule has 98 valence electrons. The number of fused-ring (bicyclic) bond motifs is 1. The van der Waals surface area contributed by atoms with Gasteiger partial charge in [-0.3, -0.25) is 4.40 Å². The van der Waals surface area contributed by atoms with Gasteiger partial charge in [-0.1, -0.05) is 28.1 Å². The van der Waals surface area contributed by atoms with E-state index in [0.717, 1.165) is 27.1 Å². The third-order valence-electron chi connectivity index (χ3n) is 2.93. The molecule has 0 fully saturated rings. The van der Waals surface area contributed by atoms with Crippen LogP contribution in [-0.4, -0.2) is 15.4 Å². The van der Waals surface area contributed by atoms with Crippen LogP contribution in [0.5, 0.6) is 0 Å². The molecular formula is C14H14BrN3S. The molecule has 0 saturated carbocycles. The van der Waals surface area contributed by atoms with Crippen molar-refractivity contribution in [1.29, 1.82) is 0 Å². The average Bonchev–Trinajstić information content (AvgIpc) is 2.91. The van der Waals surface area contributed by atoms with Crippen LogP contribution >= 0.6 is 27.3 Å². The van der Waals surface area contributed by atoms with E-state index >= 15 is 0 Å². The van der Waals surface area contributed by atoms with Crippen LogP contribution in [0.25, 0.3) is 16.2 Å². The third kappa shape index (κ3) is 2.59. The van der Waals surface area contributed by atoms with Gasteiger partial charge in [0.2, 0.25) is 0 Å². The maximum Gasteiger partial charge on any atom is 0.194 e. The van der Waals surface area contributed by atoms with Crippen molar-refractivity contribution in [2.75, 3.05) is 0 Å². The molecule has 3 nitrogen and oxygen atoms in total. The fraction of sp³-hybridized carbons (Fsp3) is 0.214. The van der Waals surface area contributed by atoms with Gasteiger partial charge in [-0.25, -0.2) is 4.98 Å². The van der Waals surface area contributed by atoms with Crippen molar-refractivity contribution in [3.63, 3.8) is 0 Å². The Labute approximate surface area is 124 Å². The molecule has 0 bridgehead atoms. The second-order valence-corrected chi connectivity index (χ2v) is 6.45. The summed E-state index contributed by atoms with van der Waals surface area (Å²) in [6.07, 6.45) is 2.96. The molecule has 0 amide bonds. The van der Waals surface area contributed by atoms with Crippen molar-refractivity contribution in [2.45, 2.75) is 19.4 Å². The van der Waals surface area contributed by atoms with Crippen LogP contribution < -0.4 is 5.73 Å². The first-order valence-corrected chi connectivity index (χ1v) is 7.78. The van der Waals surface area contributed by atoms with Gasteiger partial charge in [0, 0.05) is 39.8 Å². The van der Waals surface area contributed by atoms with Gasteiger partial charge in [0.05, 0.1) is 5.69 Å². The standard InChI is InChI=1S/C14H14BrN3S/c1-9(16)5-12-8-19-14-17-13(7-18(12)14)10-3-2-4-11(15)6-10/h2-4,6-9H,5,16H2,1H3. The number of hydrogen-bond donors (Lipinski definition) is 1. The smallest absolute Gasteiger partial charge is 0.194 e. The maximum atomic E-state index is 5.88. The summed E-state index contributed by atoms with van der Waals surface area (Å²) in [5.74, 6) is 0. The molecule has 1 atom stereocenters. The second-order valence-electron chi connectivity index (χ2n) is 4.70. The Morgan fingerprint density at radius 3 is 3.05 bits per heavy atom. The summed E-state index contributed by atoms with van der Waals surface area (Å²) >= 11 is 5.15. The number of aromatic nitrogens is 2. The number of hydrogen-bond acceptors (Lipinski definition) is 3. The van der Waals surface area contributed by atoms with Gasteiger partial charge in [-0.15, -0.1) is 11.3 Å². The highest BCUT2D eigenvalue weighted by atomic mass is 79.9. The van der Waals surface area contributed by atoms with Gasteiger partial charge in [0.25, 0.3) is 0 Å². The number of halogens is 1. The highest BCUT2D eigenvalue weighted by Crippen LogP contribution is 2.26. The van der Waals surface area contributed by atoms with Crippen molar-refractivity contribution in [3.8, 4) is 11.3 Å². The normalized spacial score (nSPS) is 13.0. The highest BCUT2D eigenvalue weighted by molar-refractivity contribution is 9.10. The Balaban J connectivity index is 2.04. The summed E-state index contributed by atoms with van der Waals surface area (Å²) in [6.45, 7) is 2.02. The first-order valence-electron chi connectivity index (χ1n) is 6.10. The molecule has 0 radical (unpaired) electrons. The van der Waals surface area contributed by atoms with Gasteiger partial charge in [-0.05, 0) is 19.1 Å². The number of benzene rings is 1. The van der Waals surface area contributed by atoms with Crippen LogP contribution in [0, 0.1) is 0 Å². The predicted molar refractivity (Wildman–Crippen MR) is 83.6 cm³/mol. The van der Waals surface area contributed by atoms with E-state index in [1.54, 1.807) is 11.3 Å². The molecular weight excluding hydrogens is 322 g/mol. The molecule has 0 spiro atoms. The van der Waals surface area contributed by atoms with E-state index in [-0.39, 0.29) is 6.04 Å². The van der Waals surface area contributed by atoms with Crippen LogP contribution in [0.4, 0.5) is 0 Å². The van der Waals surface area contributed by atoms with Crippen molar-refractivity contribution < 1.29 is 0 Å². The largest absolute Gasteiger partial charge is 0.328 e. The lowest BCUT2D eigenvalue weighted by atomic mass is 10.2. The summed E-state index contributed by atoms with van der Waals surface area (Å²) in [5, 5.41) is 2.14. The van der Waals surface area contributed by atoms with Crippen LogP contribution in [0.3, 0.4) is 0 Å². The molecule has 1 aromatic carbocycles. The quantitative estimate of drug-likeness (QED) is 0.792. The first kappa shape index (κ1) is 12.8. The number of thiazole rings is 1. The lowest BCUT2D eigenvalue weighted by Gasteiger charge is -2.02. The molecule has 5 heteroatoms. The van der Waals surface area contributed by atoms with Gasteiger partial charge >= 0.3 is 0 Å². The minimum Gasteiger partial charge on any atom is -0.328 e. The zero-order valence-corrected chi connectivity index (χ0v) is 12.9. The van der Waals surface area contributed by atoms with Crippen molar-refractivity contribution in [1.82, 2.24) is 9.38 Å². The fourth-order valence-electron chi connectivity index (χ4n) is 2.09. The molecule has 1 unspecified atom stereocenters. The first-order chi connectivity index (χ1) is 9.13.